The van der Waals surface area contributed by atoms with Crippen molar-refractivity contribution in [2.45, 2.75) is 50.9 Å². The van der Waals surface area contributed by atoms with Gasteiger partial charge in [0, 0.05) is 30.7 Å². The Morgan fingerprint density at radius 1 is 1.40 bits per heavy atom. The van der Waals surface area contributed by atoms with Crippen LogP contribution in [0.1, 0.15) is 44.7 Å². The fraction of sp³-hybridized carbons (Fsp3) is 0.529. The zero-order valence-corrected chi connectivity index (χ0v) is 14.1. The predicted molar refractivity (Wildman–Crippen MR) is 87.0 cm³/mol. The van der Waals surface area contributed by atoms with Gasteiger partial charge in [-0.1, -0.05) is 0 Å². The second kappa shape index (κ2) is 6.34. The van der Waals surface area contributed by atoms with Gasteiger partial charge in [0.1, 0.15) is 17.4 Å². The summed E-state index contributed by atoms with van der Waals surface area (Å²) in [5.41, 5.74) is -0.483. The predicted octanol–water partition coefficient (Wildman–Crippen LogP) is 2.36. The summed E-state index contributed by atoms with van der Waals surface area (Å²) in [6.45, 7) is 4.39. The van der Waals surface area contributed by atoms with Crippen molar-refractivity contribution in [3.8, 4) is 5.75 Å². The van der Waals surface area contributed by atoms with Crippen LogP contribution in [0.5, 0.6) is 5.75 Å². The molecule has 1 fully saturated rings. The van der Waals surface area contributed by atoms with Gasteiger partial charge in [0.15, 0.2) is 6.10 Å². The van der Waals surface area contributed by atoms with Crippen LogP contribution >= 0.6 is 0 Å². The Hall–Kier alpha value is -2.64. The Balaban J connectivity index is 2.14. The number of nitrogens with zero attached hydrogens (tertiary/aromatic N) is 2. The van der Waals surface area contributed by atoms with Crippen molar-refractivity contribution >= 4 is 18.1 Å². The molecule has 2 aliphatic rings. The van der Waals surface area contributed by atoms with Crippen LogP contribution in [0.25, 0.3) is 0 Å². The smallest absolute Gasteiger partial charge is 0.293 e. The molecular formula is C17H20N2O6. The molecule has 1 aromatic rings. The molecule has 0 radical (unpaired) electrons. The summed E-state index contributed by atoms with van der Waals surface area (Å²) < 4.78 is 11.2. The first kappa shape index (κ1) is 17.2. The minimum Gasteiger partial charge on any atom is -0.484 e. The number of carbonyl (C=O) groups excluding carboxylic acids is 2. The number of benzene rings is 1. The summed E-state index contributed by atoms with van der Waals surface area (Å²) >= 11 is 0. The van der Waals surface area contributed by atoms with Crippen molar-refractivity contribution in [1.29, 1.82) is 0 Å². The SMILES string of the molecule is CC1(C)Oc2ccc([N+](=O)[O-])cc2[C@@H](N2CCCCC2=O)[C@@H]1OC=O. The summed E-state index contributed by atoms with van der Waals surface area (Å²) in [6.07, 6.45) is 1.29. The highest BCUT2D eigenvalue weighted by Crippen LogP contribution is 2.46. The van der Waals surface area contributed by atoms with E-state index < -0.39 is 22.7 Å². The molecule has 1 saturated heterocycles. The highest BCUT2D eigenvalue weighted by molar-refractivity contribution is 5.78. The Morgan fingerprint density at radius 3 is 2.80 bits per heavy atom. The van der Waals surface area contributed by atoms with Gasteiger partial charge in [0.05, 0.1) is 4.92 Å². The monoisotopic (exact) mass is 348 g/mol. The van der Waals surface area contributed by atoms with E-state index in [1.54, 1.807) is 18.7 Å². The largest absolute Gasteiger partial charge is 0.484 e. The summed E-state index contributed by atoms with van der Waals surface area (Å²) in [7, 11) is 0. The third-order valence-electron chi connectivity index (χ3n) is 4.77. The Kier molecular flexibility index (Phi) is 4.36. The van der Waals surface area contributed by atoms with Crippen LogP contribution in [0.3, 0.4) is 0 Å². The molecule has 0 saturated carbocycles. The van der Waals surface area contributed by atoms with Crippen molar-refractivity contribution in [2.75, 3.05) is 6.54 Å². The molecule has 0 aliphatic carbocycles. The maximum atomic E-state index is 12.5. The van der Waals surface area contributed by atoms with Crippen LogP contribution in [0.15, 0.2) is 18.2 Å². The third kappa shape index (κ3) is 3.04. The molecule has 0 aromatic heterocycles. The molecule has 8 nitrogen and oxygen atoms in total. The molecule has 3 rings (SSSR count). The van der Waals surface area contributed by atoms with Crippen LogP contribution < -0.4 is 4.74 Å². The summed E-state index contributed by atoms with van der Waals surface area (Å²) in [4.78, 5) is 35.9. The van der Waals surface area contributed by atoms with Gasteiger partial charge in [0.25, 0.3) is 12.2 Å². The van der Waals surface area contributed by atoms with E-state index in [9.17, 15) is 19.7 Å². The van der Waals surface area contributed by atoms with Gasteiger partial charge in [0.2, 0.25) is 5.91 Å². The zero-order valence-electron chi connectivity index (χ0n) is 14.1. The van der Waals surface area contributed by atoms with Crippen LogP contribution in [-0.4, -0.2) is 40.5 Å². The van der Waals surface area contributed by atoms with Gasteiger partial charge >= 0.3 is 0 Å². The van der Waals surface area contributed by atoms with E-state index in [2.05, 4.69) is 0 Å². The molecule has 2 heterocycles. The fourth-order valence-electron chi connectivity index (χ4n) is 3.61. The minimum atomic E-state index is -0.883. The van der Waals surface area contributed by atoms with Gasteiger partial charge in [-0.05, 0) is 32.8 Å². The molecule has 0 N–H and O–H groups in total. The van der Waals surface area contributed by atoms with E-state index in [-0.39, 0.29) is 11.6 Å². The quantitative estimate of drug-likeness (QED) is 0.470. The van der Waals surface area contributed by atoms with Crippen molar-refractivity contribution in [1.82, 2.24) is 4.90 Å². The molecule has 0 unspecified atom stereocenters. The Labute approximate surface area is 144 Å². The second-order valence-electron chi connectivity index (χ2n) is 6.83. The van der Waals surface area contributed by atoms with E-state index in [0.717, 1.165) is 12.8 Å². The lowest BCUT2D eigenvalue weighted by Crippen LogP contribution is -2.56. The molecular weight excluding hydrogens is 328 g/mol. The normalized spacial score (nSPS) is 24.9. The number of nitro benzene ring substituents is 1. The minimum absolute atomic E-state index is 0.0501. The lowest BCUT2D eigenvalue weighted by atomic mass is 9.84. The van der Waals surface area contributed by atoms with Gasteiger partial charge in [-0.15, -0.1) is 0 Å². The first-order chi connectivity index (χ1) is 11.8. The van der Waals surface area contributed by atoms with Crippen molar-refractivity contribution < 1.29 is 24.0 Å². The Morgan fingerprint density at radius 2 is 2.16 bits per heavy atom. The number of ether oxygens (including phenoxy) is 2. The maximum Gasteiger partial charge on any atom is 0.293 e. The summed E-state index contributed by atoms with van der Waals surface area (Å²) in [6, 6.07) is 3.69. The Bertz CT molecular complexity index is 717. The standard InChI is InChI=1S/C17H20N2O6/c1-17(2)16(24-10-20)15(18-8-4-3-5-14(18)21)12-9-11(19(22)23)6-7-13(12)25-17/h6-7,9-10,15-16H,3-5,8H2,1-2H3/t15-,16+/m1/s1. The highest BCUT2D eigenvalue weighted by atomic mass is 16.6. The van der Waals surface area contributed by atoms with E-state index in [1.165, 1.54) is 18.2 Å². The third-order valence-corrected chi connectivity index (χ3v) is 4.77. The molecule has 1 amide bonds. The number of carbonyl (C=O) groups is 2. The van der Waals surface area contributed by atoms with Crippen molar-refractivity contribution in [3.05, 3.63) is 33.9 Å². The topological polar surface area (TPSA) is 99.0 Å². The van der Waals surface area contributed by atoms with Gasteiger partial charge in [-0.2, -0.15) is 0 Å². The second-order valence-corrected chi connectivity index (χ2v) is 6.83. The number of likely N-dealkylation sites (tertiary alicyclic amines) is 1. The van der Waals surface area contributed by atoms with E-state index in [0.29, 0.717) is 30.8 Å². The number of nitro groups is 1. The number of rotatable bonds is 4. The number of piperidine rings is 1. The molecule has 0 bridgehead atoms. The van der Waals surface area contributed by atoms with Crippen molar-refractivity contribution in [2.24, 2.45) is 0 Å². The number of hydrogen-bond acceptors (Lipinski definition) is 6. The van der Waals surface area contributed by atoms with Gasteiger partial charge in [-0.3, -0.25) is 19.7 Å². The van der Waals surface area contributed by atoms with Crippen LogP contribution in [0, 0.1) is 10.1 Å². The van der Waals surface area contributed by atoms with Crippen molar-refractivity contribution in [3.63, 3.8) is 0 Å². The number of fused-ring (bicyclic) bond motifs is 1. The molecule has 25 heavy (non-hydrogen) atoms. The van der Waals surface area contributed by atoms with E-state index >= 15 is 0 Å². The number of non-ortho nitro benzene ring substituents is 1. The molecule has 2 aliphatic heterocycles. The first-order valence-corrected chi connectivity index (χ1v) is 8.21. The van der Waals surface area contributed by atoms with Gasteiger partial charge in [-0.25, -0.2) is 0 Å². The van der Waals surface area contributed by atoms with E-state index in [4.69, 9.17) is 9.47 Å². The summed E-state index contributed by atoms with van der Waals surface area (Å²) in [5, 5.41) is 11.2. The average molecular weight is 348 g/mol. The van der Waals surface area contributed by atoms with Gasteiger partial charge < -0.3 is 14.4 Å². The lowest BCUT2D eigenvalue weighted by Gasteiger charge is -2.48. The number of amides is 1. The van der Waals surface area contributed by atoms with E-state index in [1.807, 2.05) is 0 Å². The molecule has 1 aromatic carbocycles. The maximum absolute atomic E-state index is 12.5. The molecule has 8 heteroatoms. The first-order valence-electron chi connectivity index (χ1n) is 8.21. The van der Waals surface area contributed by atoms with Crippen LogP contribution in [0.4, 0.5) is 5.69 Å². The van der Waals surface area contributed by atoms with Crippen LogP contribution in [-0.2, 0) is 14.3 Å². The molecule has 0 spiro atoms. The lowest BCUT2D eigenvalue weighted by molar-refractivity contribution is -0.385. The van der Waals surface area contributed by atoms with Crippen LogP contribution in [0.2, 0.25) is 0 Å². The fourth-order valence-corrected chi connectivity index (χ4v) is 3.61. The number of hydrogen-bond donors (Lipinski definition) is 0. The summed E-state index contributed by atoms with van der Waals surface area (Å²) in [5.74, 6) is 0.413. The zero-order chi connectivity index (χ0) is 18.2. The highest BCUT2D eigenvalue weighted by Gasteiger charge is 2.49. The molecule has 2 atom stereocenters. The average Bonchev–Trinajstić information content (AvgIpc) is 2.56. The molecule has 134 valence electrons.